The lowest BCUT2D eigenvalue weighted by Gasteiger charge is -2.11. The Morgan fingerprint density at radius 1 is 1.54 bits per heavy atom. The van der Waals surface area contributed by atoms with Crippen molar-refractivity contribution < 1.29 is 14.3 Å². The van der Waals surface area contributed by atoms with E-state index in [2.05, 4.69) is 4.74 Å². The van der Waals surface area contributed by atoms with Gasteiger partial charge in [0.05, 0.1) is 7.11 Å². The summed E-state index contributed by atoms with van der Waals surface area (Å²) >= 11 is 0. The first-order valence-electron chi connectivity index (χ1n) is 4.22. The number of carbonyl (C=O) groups excluding carboxylic acids is 1. The summed E-state index contributed by atoms with van der Waals surface area (Å²) in [7, 11) is 1.31. The lowest BCUT2D eigenvalue weighted by Crippen LogP contribution is -2.19. The van der Waals surface area contributed by atoms with E-state index < -0.39 is 0 Å². The summed E-state index contributed by atoms with van der Waals surface area (Å²) in [6, 6.07) is 0. The summed E-state index contributed by atoms with van der Waals surface area (Å²) in [5.74, 6) is -0.358. The Bertz CT molecular complexity index is 203. The molecule has 0 aromatic rings. The fraction of sp³-hybridized carbons (Fsp3) is 0.778. The molecule has 0 heterocycles. The average molecular weight is 187 g/mol. The topological polar surface area (TPSA) is 52.4 Å². The van der Waals surface area contributed by atoms with Crippen molar-refractivity contribution in [2.24, 2.45) is 5.41 Å². The SMILES string of the molecule is COC(=O)CC/[N+]([O-])=C/C(C)(C)C. The zero-order valence-corrected chi connectivity index (χ0v) is 8.66. The van der Waals surface area contributed by atoms with E-state index in [1.807, 2.05) is 20.8 Å². The molecule has 0 aliphatic rings. The van der Waals surface area contributed by atoms with Gasteiger partial charge in [-0.2, -0.15) is 0 Å². The summed E-state index contributed by atoms with van der Waals surface area (Å²) in [5, 5.41) is 11.1. The van der Waals surface area contributed by atoms with Gasteiger partial charge in [-0.25, -0.2) is 4.74 Å². The molecule has 0 aromatic heterocycles. The normalized spacial score (nSPS) is 12.8. The van der Waals surface area contributed by atoms with Gasteiger partial charge in [0.2, 0.25) is 0 Å². The van der Waals surface area contributed by atoms with Gasteiger partial charge in [0.15, 0.2) is 12.8 Å². The summed E-state index contributed by atoms with van der Waals surface area (Å²) in [6.07, 6.45) is 1.68. The van der Waals surface area contributed by atoms with E-state index in [1.165, 1.54) is 7.11 Å². The molecule has 0 fully saturated rings. The van der Waals surface area contributed by atoms with Gasteiger partial charge in [0.1, 0.15) is 6.42 Å². The van der Waals surface area contributed by atoms with Gasteiger partial charge in [0.25, 0.3) is 0 Å². The summed E-state index contributed by atoms with van der Waals surface area (Å²) in [6.45, 7) is 5.94. The zero-order valence-electron chi connectivity index (χ0n) is 8.66. The van der Waals surface area contributed by atoms with Crippen LogP contribution in [0.25, 0.3) is 0 Å². The zero-order chi connectivity index (χ0) is 10.5. The second-order valence-electron chi connectivity index (χ2n) is 3.96. The predicted molar refractivity (Wildman–Crippen MR) is 50.6 cm³/mol. The lowest BCUT2D eigenvalue weighted by molar-refractivity contribution is -0.455. The van der Waals surface area contributed by atoms with E-state index in [1.54, 1.807) is 6.21 Å². The van der Waals surface area contributed by atoms with Gasteiger partial charge in [-0.05, 0) is 0 Å². The molecule has 4 heteroatoms. The van der Waals surface area contributed by atoms with Crippen molar-refractivity contribution >= 4 is 12.2 Å². The molecule has 0 aromatic carbocycles. The maximum Gasteiger partial charge on any atom is 0.311 e. The molecule has 0 rings (SSSR count). The molecule has 0 spiro atoms. The van der Waals surface area contributed by atoms with Crippen LogP contribution in [0.4, 0.5) is 0 Å². The number of carbonyl (C=O) groups is 1. The monoisotopic (exact) mass is 187 g/mol. The van der Waals surface area contributed by atoms with Crippen LogP contribution in [-0.2, 0) is 9.53 Å². The molecule has 0 aliphatic carbocycles. The quantitative estimate of drug-likeness (QED) is 0.219. The molecule has 13 heavy (non-hydrogen) atoms. The minimum atomic E-state index is -0.358. The van der Waals surface area contributed by atoms with E-state index in [0.717, 1.165) is 4.74 Å². The largest absolute Gasteiger partial charge is 0.624 e. The fourth-order valence-electron chi connectivity index (χ4n) is 0.800. The van der Waals surface area contributed by atoms with E-state index in [-0.39, 0.29) is 24.3 Å². The molecule has 76 valence electrons. The smallest absolute Gasteiger partial charge is 0.311 e. The van der Waals surface area contributed by atoms with Crippen LogP contribution in [0.2, 0.25) is 0 Å². The van der Waals surface area contributed by atoms with Crippen LogP contribution in [0.3, 0.4) is 0 Å². The number of hydrogen-bond donors (Lipinski definition) is 0. The molecule has 0 atom stereocenters. The molecule has 0 saturated heterocycles. The van der Waals surface area contributed by atoms with Crippen LogP contribution in [-0.4, -0.2) is 30.6 Å². The van der Waals surface area contributed by atoms with Gasteiger partial charge in [-0.1, -0.05) is 20.8 Å². The molecular weight excluding hydrogens is 170 g/mol. The Labute approximate surface area is 78.8 Å². The second-order valence-corrected chi connectivity index (χ2v) is 3.96. The minimum absolute atomic E-state index is 0.132. The van der Waals surface area contributed by atoms with Crippen LogP contribution >= 0.6 is 0 Å². The second kappa shape index (κ2) is 4.84. The van der Waals surface area contributed by atoms with E-state index in [0.29, 0.717) is 0 Å². The number of ether oxygens (including phenoxy) is 1. The number of hydrogen-bond acceptors (Lipinski definition) is 3. The Hall–Kier alpha value is -1.06. The minimum Gasteiger partial charge on any atom is -0.624 e. The highest BCUT2D eigenvalue weighted by Gasteiger charge is 2.12. The molecule has 0 aliphatic heterocycles. The Morgan fingerprint density at radius 2 is 2.08 bits per heavy atom. The number of hydroxylamine groups is 1. The number of methoxy groups -OCH3 is 1. The van der Waals surface area contributed by atoms with Crippen molar-refractivity contribution in [3.63, 3.8) is 0 Å². The predicted octanol–water partition coefficient (Wildman–Crippen LogP) is 1.18. The first kappa shape index (κ1) is 11.9. The average Bonchev–Trinajstić information content (AvgIpc) is 1.97. The van der Waals surface area contributed by atoms with Gasteiger partial charge in [0, 0.05) is 5.41 Å². The third-order valence-electron chi connectivity index (χ3n) is 1.30. The van der Waals surface area contributed by atoms with Crippen LogP contribution in [0.1, 0.15) is 27.2 Å². The molecule has 0 amide bonds. The molecule has 0 saturated carbocycles. The Kier molecular flexibility index (Phi) is 4.45. The highest BCUT2D eigenvalue weighted by atomic mass is 16.5. The van der Waals surface area contributed by atoms with Crippen molar-refractivity contribution in [3.8, 4) is 0 Å². The van der Waals surface area contributed by atoms with Crippen molar-refractivity contribution in [3.05, 3.63) is 5.21 Å². The molecule has 4 nitrogen and oxygen atoms in total. The van der Waals surface area contributed by atoms with Crippen molar-refractivity contribution in [2.75, 3.05) is 13.7 Å². The maximum atomic E-state index is 11.1. The van der Waals surface area contributed by atoms with Gasteiger partial charge in [-0.15, -0.1) is 0 Å². The third-order valence-corrected chi connectivity index (χ3v) is 1.30. The lowest BCUT2D eigenvalue weighted by atomic mass is 9.99. The van der Waals surface area contributed by atoms with Gasteiger partial charge >= 0.3 is 5.97 Å². The summed E-state index contributed by atoms with van der Waals surface area (Å²) in [4.78, 5) is 10.7. The first-order chi connectivity index (χ1) is 5.85. The van der Waals surface area contributed by atoms with Crippen molar-refractivity contribution in [1.29, 1.82) is 0 Å². The van der Waals surface area contributed by atoms with Gasteiger partial charge in [-0.3, -0.25) is 4.79 Å². The number of rotatable bonds is 3. The Morgan fingerprint density at radius 3 is 2.46 bits per heavy atom. The van der Waals surface area contributed by atoms with E-state index in [9.17, 15) is 10.0 Å². The fourth-order valence-corrected chi connectivity index (χ4v) is 0.800. The third kappa shape index (κ3) is 7.31. The summed E-state index contributed by atoms with van der Waals surface area (Å²) in [5.41, 5.74) is -0.155. The maximum absolute atomic E-state index is 11.1. The highest BCUT2D eigenvalue weighted by Crippen LogP contribution is 2.07. The molecule has 0 unspecified atom stereocenters. The first-order valence-corrected chi connectivity index (χ1v) is 4.22. The standard InChI is InChI=1S/C9H17NO3/c1-9(2,3)7-10(12)6-5-8(11)13-4/h7H,5-6H2,1-4H3/b10-7-. The molecule has 0 bridgehead atoms. The molecular formula is C9H17NO3. The van der Waals surface area contributed by atoms with Gasteiger partial charge < -0.3 is 9.94 Å². The molecule has 0 N–H and O–H groups in total. The van der Waals surface area contributed by atoms with Crippen LogP contribution in [0.15, 0.2) is 0 Å². The van der Waals surface area contributed by atoms with Crippen molar-refractivity contribution in [1.82, 2.24) is 0 Å². The molecule has 0 radical (unpaired) electrons. The van der Waals surface area contributed by atoms with Crippen molar-refractivity contribution in [2.45, 2.75) is 27.2 Å². The van der Waals surface area contributed by atoms with Crippen LogP contribution in [0.5, 0.6) is 0 Å². The number of nitrogens with zero attached hydrogens (tertiary/aromatic N) is 1. The van der Waals surface area contributed by atoms with E-state index >= 15 is 0 Å². The van der Waals surface area contributed by atoms with Crippen LogP contribution in [0, 0.1) is 10.6 Å². The Balaban J connectivity index is 3.94. The van der Waals surface area contributed by atoms with Crippen LogP contribution < -0.4 is 0 Å². The highest BCUT2D eigenvalue weighted by molar-refractivity contribution is 5.69. The number of esters is 1. The summed E-state index contributed by atoms with van der Waals surface area (Å²) < 4.78 is 5.19. The van der Waals surface area contributed by atoms with E-state index in [4.69, 9.17) is 0 Å².